The van der Waals surface area contributed by atoms with Crippen molar-refractivity contribution >= 4 is 11.7 Å². The molecule has 16 heavy (non-hydrogen) atoms. The van der Waals surface area contributed by atoms with Crippen molar-refractivity contribution in [2.24, 2.45) is 4.99 Å². The second kappa shape index (κ2) is 4.04. The Morgan fingerprint density at radius 2 is 2.06 bits per heavy atom. The predicted molar refractivity (Wildman–Crippen MR) is 64.2 cm³/mol. The van der Waals surface area contributed by atoms with E-state index in [9.17, 15) is 5.11 Å². The highest BCUT2D eigenvalue weighted by Gasteiger charge is 2.13. The Bertz CT molecular complexity index is 453. The molecule has 0 spiro atoms. The van der Waals surface area contributed by atoms with Gasteiger partial charge >= 0.3 is 0 Å². The molecule has 86 valence electrons. The summed E-state index contributed by atoms with van der Waals surface area (Å²) >= 11 is 0. The first-order valence-corrected chi connectivity index (χ1v) is 5.33. The lowest BCUT2D eigenvalue weighted by Gasteiger charge is -2.14. The van der Waals surface area contributed by atoms with Gasteiger partial charge < -0.3 is 15.2 Å². The fourth-order valence-electron chi connectivity index (χ4n) is 1.68. The van der Waals surface area contributed by atoms with Crippen LogP contribution in [0.3, 0.4) is 0 Å². The molecular formula is C12H16N2O2. The second-order valence-corrected chi connectivity index (χ2v) is 4.00. The monoisotopic (exact) mass is 220 g/mol. The van der Waals surface area contributed by atoms with Crippen LogP contribution in [0.25, 0.3) is 0 Å². The molecule has 0 fully saturated rings. The molecule has 0 aromatic heterocycles. The first-order chi connectivity index (χ1) is 7.59. The number of benzene rings is 1. The van der Waals surface area contributed by atoms with Crippen molar-refractivity contribution in [1.29, 1.82) is 0 Å². The minimum absolute atomic E-state index is 0.334. The van der Waals surface area contributed by atoms with E-state index in [0.29, 0.717) is 24.9 Å². The lowest BCUT2D eigenvalue weighted by atomic mass is 10.0. The maximum Gasteiger partial charge on any atom is 0.289 e. The van der Waals surface area contributed by atoms with Crippen molar-refractivity contribution < 1.29 is 9.84 Å². The summed E-state index contributed by atoms with van der Waals surface area (Å²) in [5.74, 6) is 0.334. The number of aromatic hydroxyl groups is 1. The van der Waals surface area contributed by atoms with Gasteiger partial charge in [-0.2, -0.15) is 0 Å². The second-order valence-electron chi connectivity index (χ2n) is 4.00. The lowest BCUT2D eigenvalue weighted by molar-refractivity contribution is 0.346. The Balaban J connectivity index is 2.34. The van der Waals surface area contributed by atoms with Crippen LogP contribution >= 0.6 is 0 Å². The van der Waals surface area contributed by atoms with Crippen LogP contribution in [0.15, 0.2) is 11.1 Å². The molecule has 1 aliphatic heterocycles. The highest BCUT2D eigenvalue weighted by molar-refractivity contribution is 5.91. The molecule has 0 bridgehead atoms. The summed E-state index contributed by atoms with van der Waals surface area (Å²) in [5, 5.41) is 13.0. The zero-order valence-electron chi connectivity index (χ0n) is 9.79. The van der Waals surface area contributed by atoms with Crippen LogP contribution in [0.1, 0.15) is 16.7 Å². The largest absolute Gasteiger partial charge is 0.507 e. The van der Waals surface area contributed by atoms with E-state index >= 15 is 0 Å². The zero-order chi connectivity index (χ0) is 11.7. The molecule has 0 unspecified atom stereocenters. The molecular weight excluding hydrogens is 204 g/mol. The number of anilines is 1. The predicted octanol–water partition coefficient (Wildman–Crippen LogP) is 2.12. The van der Waals surface area contributed by atoms with Crippen molar-refractivity contribution in [2.75, 3.05) is 18.5 Å². The van der Waals surface area contributed by atoms with Gasteiger partial charge in [0.05, 0.1) is 6.54 Å². The number of amidine groups is 1. The third-order valence-corrected chi connectivity index (χ3v) is 2.89. The Hall–Kier alpha value is -1.71. The van der Waals surface area contributed by atoms with Gasteiger partial charge in [-0.05, 0) is 38.0 Å². The molecule has 0 radical (unpaired) electrons. The van der Waals surface area contributed by atoms with E-state index in [-0.39, 0.29) is 0 Å². The van der Waals surface area contributed by atoms with E-state index in [1.54, 1.807) is 0 Å². The number of aryl methyl sites for hydroxylation is 1. The van der Waals surface area contributed by atoms with E-state index in [1.807, 2.05) is 26.8 Å². The molecule has 2 N–H and O–H groups in total. The maximum absolute atomic E-state index is 9.92. The topological polar surface area (TPSA) is 53.9 Å². The van der Waals surface area contributed by atoms with Gasteiger partial charge in [0.1, 0.15) is 12.4 Å². The molecule has 1 aromatic carbocycles. The maximum atomic E-state index is 9.92. The smallest absolute Gasteiger partial charge is 0.289 e. The number of phenolic OH excluding ortho intramolecular Hbond substituents is 1. The third-order valence-electron chi connectivity index (χ3n) is 2.89. The van der Waals surface area contributed by atoms with E-state index in [0.717, 1.165) is 22.4 Å². The number of rotatable bonds is 1. The van der Waals surface area contributed by atoms with Gasteiger partial charge in [-0.25, -0.2) is 4.99 Å². The van der Waals surface area contributed by atoms with E-state index in [4.69, 9.17) is 4.74 Å². The molecule has 0 aliphatic carbocycles. The highest BCUT2D eigenvalue weighted by Crippen LogP contribution is 2.31. The van der Waals surface area contributed by atoms with Crippen molar-refractivity contribution in [3.63, 3.8) is 0 Å². The van der Waals surface area contributed by atoms with Crippen LogP contribution in [0.5, 0.6) is 5.75 Å². The van der Waals surface area contributed by atoms with Gasteiger partial charge in [-0.1, -0.05) is 0 Å². The quantitative estimate of drug-likeness (QED) is 0.762. The first kappa shape index (κ1) is 10.8. The van der Waals surface area contributed by atoms with Gasteiger partial charge in [0.2, 0.25) is 0 Å². The van der Waals surface area contributed by atoms with Crippen molar-refractivity contribution in [1.82, 2.24) is 0 Å². The molecule has 2 rings (SSSR count). The van der Waals surface area contributed by atoms with Gasteiger partial charge in [0.15, 0.2) is 0 Å². The average Bonchev–Trinajstić information content (AvgIpc) is 2.76. The number of aliphatic imine (C=N–C) groups is 1. The van der Waals surface area contributed by atoms with Crippen molar-refractivity contribution in [2.45, 2.75) is 20.8 Å². The van der Waals surface area contributed by atoms with Gasteiger partial charge in [0, 0.05) is 11.3 Å². The van der Waals surface area contributed by atoms with Gasteiger partial charge in [-0.15, -0.1) is 0 Å². The number of nitrogens with one attached hydrogen (secondary N) is 1. The number of ether oxygens (including phenoxy) is 1. The molecule has 0 saturated carbocycles. The molecule has 1 aliphatic rings. The minimum Gasteiger partial charge on any atom is -0.507 e. The minimum atomic E-state index is 0.334. The number of phenols is 1. The molecule has 0 amide bonds. The van der Waals surface area contributed by atoms with E-state index < -0.39 is 0 Å². The lowest BCUT2D eigenvalue weighted by Crippen LogP contribution is -2.13. The van der Waals surface area contributed by atoms with Gasteiger partial charge in [0.25, 0.3) is 6.02 Å². The molecule has 0 atom stereocenters. The van der Waals surface area contributed by atoms with Crippen molar-refractivity contribution in [3.8, 4) is 5.75 Å². The summed E-state index contributed by atoms with van der Waals surface area (Å²) in [5.41, 5.74) is 3.63. The Labute approximate surface area is 95.0 Å². The van der Waals surface area contributed by atoms with Gasteiger partial charge in [-0.3, -0.25) is 0 Å². The summed E-state index contributed by atoms with van der Waals surface area (Å²) < 4.78 is 5.28. The van der Waals surface area contributed by atoms with Crippen LogP contribution in [-0.4, -0.2) is 24.3 Å². The fraction of sp³-hybridized carbons (Fsp3) is 0.417. The molecule has 1 aromatic rings. The SMILES string of the molecule is Cc1cc(NC2=NCCO2)c(C)c(O)c1C. The van der Waals surface area contributed by atoms with Crippen LogP contribution < -0.4 is 5.32 Å². The summed E-state index contributed by atoms with van der Waals surface area (Å²) in [7, 11) is 0. The average molecular weight is 220 g/mol. The fourth-order valence-corrected chi connectivity index (χ4v) is 1.68. The van der Waals surface area contributed by atoms with Crippen LogP contribution in [0, 0.1) is 20.8 Å². The zero-order valence-corrected chi connectivity index (χ0v) is 9.79. The molecule has 1 heterocycles. The molecule has 4 nitrogen and oxygen atoms in total. The van der Waals surface area contributed by atoms with Crippen molar-refractivity contribution in [3.05, 3.63) is 22.8 Å². The summed E-state index contributed by atoms with van der Waals surface area (Å²) in [6.07, 6.45) is 0. The van der Waals surface area contributed by atoms with Crippen LogP contribution in [-0.2, 0) is 4.74 Å². The summed E-state index contributed by atoms with van der Waals surface area (Å²) in [6, 6.07) is 2.53. The highest BCUT2D eigenvalue weighted by atomic mass is 16.5. The standard InChI is InChI=1S/C12H16N2O2/c1-7-6-10(9(3)11(15)8(7)2)14-12-13-4-5-16-12/h6,15H,4-5H2,1-3H3,(H,13,14). The summed E-state index contributed by atoms with van der Waals surface area (Å²) in [4.78, 5) is 4.16. The number of hydrogen-bond acceptors (Lipinski definition) is 4. The first-order valence-electron chi connectivity index (χ1n) is 5.33. The van der Waals surface area contributed by atoms with E-state index in [1.165, 1.54) is 0 Å². The Morgan fingerprint density at radius 3 is 2.69 bits per heavy atom. The Kier molecular flexibility index (Phi) is 2.73. The molecule has 0 saturated heterocycles. The van der Waals surface area contributed by atoms with Crippen LogP contribution in [0.2, 0.25) is 0 Å². The van der Waals surface area contributed by atoms with E-state index in [2.05, 4.69) is 10.3 Å². The summed E-state index contributed by atoms with van der Waals surface area (Å²) in [6.45, 7) is 7.07. The number of nitrogens with zero attached hydrogens (tertiary/aromatic N) is 1. The Morgan fingerprint density at radius 1 is 1.31 bits per heavy atom. The number of hydrogen-bond donors (Lipinski definition) is 2. The third kappa shape index (κ3) is 1.83. The van der Waals surface area contributed by atoms with Crippen LogP contribution in [0.4, 0.5) is 5.69 Å². The molecule has 4 heteroatoms. The normalized spacial score (nSPS) is 14.6.